The molecule has 0 fully saturated rings. The maximum Gasteiger partial charge on any atom is 0.285 e. The van der Waals surface area contributed by atoms with Crippen molar-refractivity contribution in [2.24, 2.45) is 11.8 Å². The number of thiol groups is 1. The van der Waals surface area contributed by atoms with Crippen LogP contribution in [0.25, 0.3) is 0 Å². The van der Waals surface area contributed by atoms with Crippen molar-refractivity contribution in [2.75, 3.05) is 12.3 Å². The van der Waals surface area contributed by atoms with Gasteiger partial charge in [-0.05, 0) is 29.7 Å². The second-order valence-electron chi connectivity index (χ2n) is 4.88. The van der Waals surface area contributed by atoms with E-state index in [1.165, 1.54) is 12.3 Å². The molecule has 0 N–H and O–H groups in total. The number of amides is 1. The second kappa shape index (κ2) is 5.13. The molecule has 0 radical (unpaired) electrons. The van der Waals surface area contributed by atoms with Crippen LogP contribution >= 0.6 is 12.6 Å². The van der Waals surface area contributed by atoms with Gasteiger partial charge in [0.05, 0.1) is 5.56 Å². The summed E-state index contributed by atoms with van der Waals surface area (Å²) in [6, 6.07) is 3.06. The Hall–Kier alpha value is -1.08. The van der Waals surface area contributed by atoms with Crippen LogP contribution in [0.5, 0.6) is 0 Å². The predicted octanol–water partition coefficient (Wildman–Crippen LogP) is 1.43. The lowest BCUT2D eigenvalue weighted by molar-refractivity contribution is 0.0852. The van der Waals surface area contributed by atoms with Gasteiger partial charge in [-0.15, -0.1) is 0 Å². The Bertz CT molecular complexity index is 599. The highest BCUT2D eigenvalue weighted by Crippen LogP contribution is 2.30. The van der Waals surface area contributed by atoms with E-state index in [-0.39, 0.29) is 29.0 Å². The van der Waals surface area contributed by atoms with Gasteiger partial charge in [0.25, 0.3) is 15.9 Å². The maximum atomic E-state index is 12.3. The minimum atomic E-state index is -3.80. The number of carbonyl (C=O) groups excluding carboxylic acids is 1. The Labute approximate surface area is 118 Å². The van der Waals surface area contributed by atoms with Crippen LogP contribution in [0.4, 0.5) is 0 Å². The monoisotopic (exact) mass is 300 g/mol. The fourth-order valence-corrected chi connectivity index (χ4v) is 4.06. The van der Waals surface area contributed by atoms with Gasteiger partial charge in [-0.3, -0.25) is 4.79 Å². The first-order valence-corrected chi connectivity index (χ1v) is 8.09. The molecular formula is C12H16N2O3S2. The van der Waals surface area contributed by atoms with Crippen molar-refractivity contribution in [3.05, 3.63) is 23.9 Å². The summed E-state index contributed by atoms with van der Waals surface area (Å²) in [4.78, 5) is 16.0. The normalized spacial score (nSPS) is 18.7. The maximum absolute atomic E-state index is 12.3. The number of nitrogens with zero attached hydrogens (tertiary/aromatic N) is 2. The van der Waals surface area contributed by atoms with Gasteiger partial charge in [0.1, 0.15) is 0 Å². The molecular weight excluding hydrogens is 284 g/mol. The van der Waals surface area contributed by atoms with E-state index in [0.717, 1.165) is 4.31 Å². The molecule has 104 valence electrons. The zero-order chi connectivity index (χ0) is 14.2. The summed E-state index contributed by atoms with van der Waals surface area (Å²) >= 11 is 4.23. The summed E-state index contributed by atoms with van der Waals surface area (Å²) in [5.74, 6) is 0.310. The van der Waals surface area contributed by atoms with Crippen LogP contribution in [-0.4, -0.2) is 35.9 Å². The van der Waals surface area contributed by atoms with Crippen molar-refractivity contribution >= 4 is 28.6 Å². The van der Waals surface area contributed by atoms with E-state index >= 15 is 0 Å². The Morgan fingerprint density at radius 2 is 2.11 bits per heavy atom. The first kappa shape index (κ1) is 14.3. The lowest BCUT2D eigenvalue weighted by Crippen LogP contribution is -2.37. The van der Waals surface area contributed by atoms with Crippen molar-refractivity contribution in [1.82, 2.24) is 9.29 Å². The lowest BCUT2D eigenvalue weighted by Gasteiger charge is -2.24. The minimum absolute atomic E-state index is 0.0244. The van der Waals surface area contributed by atoms with E-state index < -0.39 is 15.9 Å². The SMILES string of the molecule is CC(C)C(CS)CN1C(=O)c2cccnc2S1(=O)=O. The highest BCUT2D eigenvalue weighted by atomic mass is 32.2. The quantitative estimate of drug-likeness (QED) is 0.854. The zero-order valence-electron chi connectivity index (χ0n) is 10.8. The Morgan fingerprint density at radius 1 is 1.42 bits per heavy atom. The fourth-order valence-electron chi connectivity index (χ4n) is 1.98. The Balaban J connectivity index is 2.38. The van der Waals surface area contributed by atoms with Gasteiger partial charge in [0.2, 0.25) is 0 Å². The van der Waals surface area contributed by atoms with Gasteiger partial charge in [-0.25, -0.2) is 9.29 Å². The molecule has 1 amide bonds. The van der Waals surface area contributed by atoms with Crippen LogP contribution in [0.1, 0.15) is 24.2 Å². The second-order valence-corrected chi connectivity index (χ2v) is 7.03. The summed E-state index contributed by atoms with van der Waals surface area (Å²) in [5.41, 5.74) is 0.157. The van der Waals surface area contributed by atoms with Crippen LogP contribution in [0.15, 0.2) is 23.4 Å². The summed E-state index contributed by atoms with van der Waals surface area (Å²) in [5, 5.41) is -0.137. The summed E-state index contributed by atoms with van der Waals surface area (Å²) < 4.78 is 25.5. The molecule has 1 aromatic heterocycles. The smallest absolute Gasteiger partial charge is 0.268 e. The number of aromatic nitrogens is 1. The van der Waals surface area contributed by atoms with Gasteiger partial charge in [-0.1, -0.05) is 13.8 Å². The average Bonchev–Trinajstić information content (AvgIpc) is 2.56. The van der Waals surface area contributed by atoms with E-state index in [2.05, 4.69) is 17.6 Å². The molecule has 0 bridgehead atoms. The number of fused-ring (bicyclic) bond motifs is 1. The molecule has 7 heteroatoms. The number of sulfonamides is 1. The van der Waals surface area contributed by atoms with Crippen LogP contribution in [0.2, 0.25) is 0 Å². The molecule has 19 heavy (non-hydrogen) atoms. The Kier molecular flexibility index (Phi) is 3.87. The molecule has 2 heterocycles. The molecule has 1 aromatic rings. The number of pyridine rings is 1. The van der Waals surface area contributed by atoms with E-state index in [9.17, 15) is 13.2 Å². The van der Waals surface area contributed by atoms with E-state index in [1.807, 2.05) is 13.8 Å². The van der Waals surface area contributed by atoms with Crippen LogP contribution < -0.4 is 0 Å². The molecule has 0 spiro atoms. The molecule has 0 saturated carbocycles. The molecule has 1 atom stereocenters. The molecule has 1 aliphatic heterocycles. The summed E-state index contributed by atoms with van der Waals surface area (Å²) in [6.45, 7) is 4.12. The van der Waals surface area contributed by atoms with Gasteiger partial charge < -0.3 is 0 Å². The molecule has 1 aliphatic rings. The number of hydrogen-bond donors (Lipinski definition) is 1. The van der Waals surface area contributed by atoms with Crippen LogP contribution in [0.3, 0.4) is 0 Å². The lowest BCUT2D eigenvalue weighted by atomic mass is 9.98. The largest absolute Gasteiger partial charge is 0.285 e. The van der Waals surface area contributed by atoms with Crippen molar-refractivity contribution < 1.29 is 13.2 Å². The fraction of sp³-hybridized carbons (Fsp3) is 0.500. The number of carbonyl (C=O) groups is 1. The first-order chi connectivity index (χ1) is 8.89. The average molecular weight is 300 g/mol. The van der Waals surface area contributed by atoms with E-state index in [4.69, 9.17) is 0 Å². The van der Waals surface area contributed by atoms with Gasteiger partial charge in [-0.2, -0.15) is 21.0 Å². The Morgan fingerprint density at radius 3 is 2.63 bits per heavy atom. The highest BCUT2D eigenvalue weighted by Gasteiger charge is 2.43. The molecule has 1 unspecified atom stereocenters. The topological polar surface area (TPSA) is 67.3 Å². The molecule has 0 aliphatic carbocycles. The highest BCUT2D eigenvalue weighted by molar-refractivity contribution is 7.90. The van der Waals surface area contributed by atoms with Crippen molar-refractivity contribution in [3.8, 4) is 0 Å². The minimum Gasteiger partial charge on any atom is -0.268 e. The number of hydrogen-bond acceptors (Lipinski definition) is 5. The molecule has 0 aromatic carbocycles. The standard InChI is InChI=1S/C12H16N2O3S2/c1-8(2)9(7-18)6-14-12(15)10-4-3-5-13-11(10)19(14,16)17/h3-5,8-9,18H,6-7H2,1-2H3. The third-order valence-electron chi connectivity index (χ3n) is 3.34. The van der Waals surface area contributed by atoms with E-state index in [0.29, 0.717) is 5.75 Å². The third kappa shape index (κ3) is 2.36. The molecule has 2 rings (SSSR count). The third-order valence-corrected chi connectivity index (χ3v) is 5.52. The number of rotatable bonds is 4. The van der Waals surface area contributed by atoms with E-state index in [1.54, 1.807) is 6.07 Å². The van der Waals surface area contributed by atoms with Gasteiger partial charge in [0.15, 0.2) is 5.03 Å². The zero-order valence-corrected chi connectivity index (χ0v) is 12.5. The summed E-state index contributed by atoms with van der Waals surface area (Å²) in [7, 11) is -3.80. The molecule has 0 saturated heterocycles. The van der Waals surface area contributed by atoms with Crippen molar-refractivity contribution in [3.63, 3.8) is 0 Å². The summed E-state index contributed by atoms with van der Waals surface area (Å²) in [6.07, 6.45) is 1.38. The van der Waals surface area contributed by atoms with Crippen LogP contribution in [0, 0.1) is 11.8 Å². The first-order valence-electron chi connectivity index (χ1n) is 6.02. The van der Waals surface area contributed by atoms with Crippen molar-refractivity contribution in [2.45, 2.75) is 18.9 Å². The van der Waals surface area contributed by atoms with Crippen LogP contribution in [-0.2, 0) is 10.0 Å². The van der Waals surface area contributed by atoms with Gasteiger partial charge >= 0.3 is 0 Å². The van der Waals surface area contributed by atoms with Crippen molar-refractivity contribution in [1.29, 1.82) is 0 Å². The predicted molar refractivity (Wildman–Crippen MR) is 74.6 cm³/mol. The van der Waals surface area contributed by atoms with Gasteiger partial charge in [0, 0.05) is 12.7 Å². The molecule has 5 nitrogen and oxygen atoms in total.